The Balaban J connectivity index is 1.31. The Morgan fingerprint density at radius 2 is 1.96 bits per heavy atom. The number of benzene rings is 2. The fourth-order valence-corrected chi connectivity index (χ4v) is 5.40. The minimum atomic E-state index is 0.147. The van der Waals surface area contributed by atoms with Gasteiger partial charge in [0.2, 0.25) is 5.91 Å². The van der Waals surface area contributed by atoms with Crippen molar-refractivity contribution in [2.24, 2.45) is 11.3 Å². The highest BCUT2D eigenvalue weighted by Crippen LogP contribution is 2.60. The molecule has 1 amide bonds. The maximum atomic E-state index is 12.5. The Morgan fingerprint density at radius 3 is 2.73 bits per heavy atom. The molecule has 0 unspecified atom stereocenters. The van der Waals surface area contributed by atoms with Gasteiger partial charge in [-0.1, -0.05) is 36.4 Å². The number of carbonyl (C=O) groups is 1. The zero-order chi connectivity index (χ0) is 17.7. The highest BCUT2D eigenvalue weighted by atomic mass is 32.1. The van der Waals surface area contributed by atoms with E-state index in [9.17, 15) is 4.79 Å². The van der Waals surface area contributed by atoms with Gasteiger partial charge < -0.3 is 5.32 Å². The first-order valence-corrected chi connectivity index (χ1v) is 9.85. The third-order valence-electron chi connectivity index (χ3n) is 5.65. The summed E-state index contributed by atoms with van der Waals surface area (Å²) >= 11 is 1.68. The first-order chi connectivity index (χ1) is 12.6. The molecular weight excluding hydrogens is 340 g/mol. The van der Waals surface area contributed by atoms with Crippen LogP contribution in [0.4, 0.5) is 5.69 Å². The van der Waals surface area contributed by atoms with E-state index in [1.807, 2.05) is 42.5 Å². The Morgan fingerprint density at radius 1 is 1.15 bits per heavy atom. The van der Waals surface area contributed by atoms with Gasteiger partial charge in [-0.25, -0.2) is 4.98 Å². The Hall–Kier alpha value is -2.46. The predicted molar refractivity (Wildman–Crippen MR) is 107 cm³/mol. The molecule has 2 aromatic carbocycles. The molecular formula is C22H20N2OS. The molecule has 1 heterocycles. The van der Waals surface area contributed by atoms with Gasteiger partial charge in [0.15, 0.2) is 0 Å². The molecule has 2 aliphatic carbocycles. The lowest BCUT2D eigenvalue weighted by Crippen LogP contribution is -2.48. The topological polar surface area (TPSA) is 42.0 Å². The zero-order valence-corrected chi connectivity index (χ0v) is 15.3. The van der Waals surface area contributed by atoms with Crippen molar-refractivity contribution >= 4 is 33.1 Å². The standard InChI is InChI=1S/C22H20N2OS/c1-14-10-22(11-14)12-16(13-22)20(25)23-17-6-4-5-15(9-17)21-24-18-7-2-3-8-19(18)26-21/h2-9,16H,1,10-13H2,(H,23,25). The second kappa shape index (κ2) is 5.78. The number of aromatic nitrogens is 1. The van der Waals surface area contributed by atoms with Gasteiger partial charge in [0.25, 0.3) is 0 Å². The molecule has 5 rings (SSSR count). The molecule has 1 aromatic heterocycles. The van der Waals surface area contributed by atoms with Crippen molar-refractivity contribution in [3.8, 4) is 10.6 Å². The lowest BCUT2D eigenvalue weighted by Gasteiger charge is -2.54. The molecule has 2 fully saturated rings. The smallest absolute Gasteiger partial charge is 0.227 e. The summed E-state index contributed by atoms with van der Waals surface area (Å²) in [6.07, 6.45) is 4.25. The van der Waals surface area contributed by atoms with Gasteiger partial charge in [-0.05, 0) is 55.4 Å². The lowest BCUT2D eigenvalue weighted by molar-refractivity contribution is -0.129. The van der Waals surface area contributed by atoms with Crippen LogP contribution in [0.3, 0.4) is 0 Å². The number of nitrogens with zero attached hydrogens (tertiary/aromatic N) is 1. The van der Waals surface area contributed by atoms with Crippen LogP contribution in [0, 0.1) is 11.3 Å². The van der Waals surface area contributed by atoms with Gasteiger partial charge in [-0.2, -0.15) is 0 Å². The lowest BCUT2D eigenvalue weighted by atomic mass is 9.50. The van der Waals surface area contributed by atoms with Crippen molar-refractivity contribution in [3.05, 3.63) is 60.7 Å². The van der Waals surface area contributed by atoms with Gasteiger partial charge in [0, 0.05) is 17.2 Å². The third kappa shape index (κ3) is 2.65. The van der Waals surface area contributed by atoms with Gasteiger partial charge in [0.05, 0.1) is 10.2 Å². The zero-order valence-electron chi connectivity index (χ0n) is 14.5. The number of thiazole rings is 1. The number of carbonyl (C=O) groups excluding carboxylic acids is 1. The van der Waals surface area contributed by atoms with Crippen LogP contribution in [0.25, 0.3) is 20.8 Å². The number of amides is 1. The summed E-state index contributed by atoms with van der Waals surface area (Å²) in [5.74, 6) is 0.295. The highest BCUT2D eigenvalue weighted by Gasteiger charge is 2.52. The number of fused-ring (bicyclic) bond motifs is 1. The molecule has 1 N–H and O–H groups in total. The summed E-state index contributed by atoms with van der Waals surface area (Å²) in [5, 5.41) is 4.08. The van der Waals surface area contributed by atoms with Gasteiger partial charge in [-0.3, -0.25) is 4.79 Å². The largest absolute Gasteiger partial charge is 0.326 e. The van der Waals surface area contributed by atoms with Crippen molar-refractivity contribution in [1.82, 2.24) is 4.98 Å². The summed E-state index contributed by atoms with van der Waals surface area (Å²) in [7, 11) is 0. The monoisotopic (exact) mass is 360 g/mol. The summed E-state index contributed by atoms with van der Waals surface area (Å²) in [6, 6.07) is 16.2. The van der Waals surface area contributed by atoms with Crippen LogP contribution in [0.2, 0.25) is 0 Å². The summed E-state index contributed by atoms with van der Waals surface area (Å²) in [4.78, 5) is 17.3. The maximum Gasteiger partial charge on any atom is 0.227 e. The van der Waals surface area contributed by atoms with E-state index in [1.165, 1.54) is 10.3 Å². The maximum absolute atomic E-state index is 12.5. The van der Waals surface area contributed by atoms with E-state index in [1.54, 1.807) is 11.3 Å². The summed E-state index contributed by atoms with van der Waals surface area (Å²) in [6.45, 7) is 4.02. The van der Waals surface area contributed by atoms with Crippen molar-refractivity contribution < 1.29 is 4.79 Å². The van der Waals surface area contributed by atoms with Crippen LogP contribution in [0.1, 0.15) is 25.7 Å². The summed E-state index contributed by atoms with van der Waals surface area (Å²) < 4.78 is 1.18. The van der Waals surface area contributed by atoms with Crippen molar-refractivity contribution in [1.29, 1.82) is 0 Å². The molecule has 130 valence electrons. The average molecular weight is 360 g/mol. The van der Waals surface area contributed by atoms with E-state index in [-0.39, 0.29) is 11.8 Å². The highest BCUT2D eigenvalue weighted by molar-refractivity contribution is 7.21. The first kappa shape index (κ1) is 15.8. The minimum absolute atomic E-state index is 0.147. The van der Waals surface area contributed by atoms with E-state index in [0.29, 0.717) is 5.41 Å². The fraction of sp³-hybridized carbons (Fsp3) is 0.273. The molecule has 0 atom stereocenters. The number of allylic oxidation sites excluding steroid dienone is 1. The fourth-order valence-electron chi connectivity index (χ4n) is 4.44. The number of hydrogen-bond acceptors (Lipinski definition) is 3. The average Bonchev–Trinajstić information content (AvgIpc) is 3.01. The second-order valence-corrected chi connectivity index (χ2v) is 8.80. The van der Waals surface area contributed by atoms with Gasteiger partial charge >= 0.3 is 0 Å². The number of para-hydroxylation sites is 1. The molecule has 1 spiro atoms. The van der Waals surface area contributed by atoms with Crippen LogP contribution in [-0.4, -0.2) is 10.9 Å². The molecule has 0 bridgehead atoms. The molecule has 4 heteroatoms. The molecule has 2 aliphatic rings. The molecule has 3 nitrogen and oxygen atoms in total. The third-order valence-corrected chi connectivity index (χ3v) is 6.74. The Labute approximate surface area is 156 Å². The van der Waals surface area contributed by atoms with Crippen molar-refractivity contribution in [2.75, 3.05) is 5.32 Å². The molecule has 0 saturated heterocycles. The van der Waals surface area contributed by atoms with Crippen LogP contribution < -0.4 is 5.32 Å². The van der Waals surface area contributed by atoms with E-state index in [0.717, 1.165) is 47.5 Å². The van der Waals surface area contributed by atoms with Crippen molar-refractivity contribution in [2.45, 2.75) is 25.7 Å². The normalized spacial score (nSPS) is 18.5. The van der Waals surface area contributed by atoms with Crippen LogP contribution >= 0.6 is 11.3 Å². The molecule has 26 heavy (non-hydrogen) atoms. The van der Waals surface area contributed by atoms with Crippen LogP contribution in [0.15, 0.2) is 60.7 Å². The summed E-state index contributed by atoms with van der Waals surface area (Å²) in [5.41, 5.74) is 4.66. The van der Waals surface area contributed by atoms with Crippen LogP contribution in [0.5, 0.6) is 0 Å². The Kier molecular flexibility index (Phi) is 3.50. The van der Waals surface area contributed by atoms with Gasteiger partial charge in [0.1, 0.15) is 5.01 Å². The van der Waals surface area contributed by atoms with E-state index in [2.05, 4.69) is 18.0 Å². The first-order valence-electron chi connectivity index (χ1n) is 9.04. The SMILES string of the molecule is C=C1CC2(C1)CC(C(=O)Nc1cccc(-c3nc4ccccc4s3)c1)C2. The van der Waals surface area contributed by atoms with Crippen LogP contribution in [-0.2, 0) is 4.79 Å². The number of anilines is 1. The van der Waals surface area contributed by atoms with E-state index >= 15 is 0 Å². The molecule has 0 aliphatic heterocycles. The predicted octanol–water partition coefficient (Wildman–Crippen LogP) is 5.65. The molecule has 2 saturated carbocycles. The van der Waals surface area contributed by atoms with E-state index < -0.39 is 0 Å². The second-order valence-electron chi connectivity index (χ2n) is 7.77. The molecule has 0 radical (unpaired) electrons. The number of rotatable bonds is 3. The van der Waals surface area contributed by atoms with Crippen molar-refractivity contribution in [3.63, 3.8) is 0 Å². The van der Waals surface area contributed by atoms with Gasteiger partial charge in [-0.15, -0.1) is 11.3 Å². The quantitative estimate of drug-likeness (QED) is 0.613. The molecule has 3 aromatic rings. The number of nitrogens with one attached hydrogen (secondary N) is 1. The Bertz CT molecular complexity index is 986. The number of hydrogen-bond donors (Lipinski definition) is 1. The van der Waals surface area contributed by atoms with E-state index in [4.69, 9.17) is 4.98 Å². The minimum Gasteiger partial charge on any atom is -0.326 e.